The van der Waals surface area contributed by atoms with E-state index in [1.54, 1.807) is 4.72 Å². The number of hydrogen-bond acceptors (Lipinski definition) is 5. The molecule has 3 atom stereocenters. The molecule has 3 N–H and O–H groups in total. The third-order valence-corrected chi connectivity index (χ3v) is 6.23. The summed E-state index contributed by atoms with van der Waals surface area (Å²) in [6.45, 7) is 0. The molecule has 1 aromatic carbocycles. The van der Waals surface area contributed by atoms with E-state index in [2.05, 4.69) is 10.6 Å². The van der Waals surface area contributed by atoms with Gasteiger partial charge in [0.1, 0.15) is 6.04 Å². The summed E-state index contributed by atoms with van der Waals surface area (Å²) in [5.41, 5.74) is -4.53. The fourth-order valence-electron chi connectivity index (χ4n) is 3.26. The molecule has 1 aliphatic carbocycles. The van der Waals surface area contributed by atoms with Gasteiger partial charge in [-0.25, -0.2) is 17.9 Å². The standard InChI is InChI=1S/C18H24F3N3O4S2/c1-28-16(25)15(11-12-7-3-2-4-8-12)23-17(29)22-13-9-5-6-10-14(13)24-30(26,27)18(19,20)21/h2-4,7-8,13-15,24H,5-6,9-11H2,1H3,(H2,22,23,29)/t13-,14-,15?/m0/s1. The smallest absolute Gasteiger partial charge is 0.467 e. The molecule has 2 rings (SSSR count). The second kappa shape index (κ2) is 10.4. The topological polar surface area (TPSA) is 96.5 Å². The van der Waals surface area contributed by atoms with E-state index in [-0.39, 0.29) is 18.0 Å². The first kappa shape index (κ1) is 24.4. The van der Waals surface area contributed by atoms with Gasteiger partial charge in [-0.2, -0.15) is 13.2 Å². The summed E-state index contributed by atoms with van der Waals surface area (Å²) in [4.78, 5) is 12.1. The van der Waals surface area contributed by atoms with E-state index in [1.807, 2.05) is 30.3 Å². The monoisotopic (exact) mass is 467 g/mol. The molecule has 0 spiro atoms. The van der Waals surface area contributed by atoms with Crippen LogP contribution in [0.15, 0.2) is 30.3 Å². The van der Waals surface area contributed by atoms with Gasteiger partial charge >= 0.3 is 21.5 Å². The maximum absolute atomic E-state index is 12.7. The van der Waals surface area contributed by atoms with Crippen molar-refractivity contribution in [3.63, 3.8) is 0 Å². The molecule has 7 nitrogen and oxygen atoms in total. The van der Waals surface area contributed by atoms with Gasteiger partial charge in [0.15, 0.2) is 5.11 Å². The van der Waals surface area contributed by atoms with Crippen LogP contribution in [0, 0.1) is 0 Å². The van der Waals surface area contributed by atoms with Crippen molar-refractivity contribution in [3.05, 3.63) is 35.9 Å². The van der Waals surface area contributed by atoms with Crippen LogP contribution in [0.25, 0.3) is 0 Å². The summed E-state index contributed by atoms with van der Waals surface area (Å²) >= 11 is 5.23. The molecule has 0 aliphatic heterocycles. The lowest BCUT2D eigenvalue weighted by atomic mass is 9.91. The summed E-state index contributed by atoms with van der Waals surface area (Å²) in [5, 5.41) is 5.71. The van der Waals surface area contributed by atoms with E-state index in [0.717, 1.165) is 5.56 Å². The lowest BCUT2D eigenvalue weighted by Gasteiger charge is -2.34. The minimum absolute atomic E-state index is 0.0319. The van der Waals surface area contributed by atoms with Crippen LogP contribution in [-0.4, -0.2) is 50.2 Å². The Morgan fingerprint density at radius 2 is 1.80 bits per heavy atom. The summed E-state index contributed by atoms with van der Waals surface area (Å²) in [6, 6.07) is 6.70. The van der Waals surface area contributed by atoms with E-state index in [0.29, 0.717) is 19.3 Å². The molecule has 0 bridgehead atoms. The van der Waals surface area contributed by atoms with Crippen LogP contribution in [0.5, 0.6) is 0 Å². The Morgan fingerprint density at radius 3 is 2.37 bits per heavy atom. The summed E-state index contributed by atoms with van der Waals surface area (Å²) in [5.74, 6) is -0.555. The lowest BCUT2D eigenvalue weighted by Crippen LogP contribution is -2.58. The molecule has 1 fully saturated rings. The fraction of sp³-hybridized carbons (Fsp3) is 0.556. The summed E-state index contributed by atoms with van der Waals surface area (Å²) in [7, 11) is -4.24. The van der Waals surface area contributed by atoms with Gasteiger partial charge in [-0.15, -0.1) is 0 Å². The van der Waals surface area contributed by atoms with Crippen molar-refractivity contribution in [2.45, 2.75) is 55.7 Å². The molecular weight excluding hydrogens is 443 g/mol. The molecule has 12 heteroatoms. The van der Waals surface area contributed by atoms with Crippen molar-refractivity contribution in [3.8, 4) is 0 Å². The lowest BCUT2D eigenvalue weighted by molar-refractivity contribution is -0.142. The molecule has 0 amide bonds. The average Bonchev–Trinajstić information content (AvgIpc) is 2.68. The van der Waals surface area contributed by atoms with Crippen molar-refractivity contribution in [2.24, 2.45) is 0 Å². The Labute approximate surface area is 178 Å². The number of carbonyl (C=O) groups is 1. The minimum atomic E-state index is -5.48. The number of benzene rings is 1. The number of halogens is 3. The number of nitrogens with one attached hydrogen (secondary N) is 3. The number of sulfonamides is 1. The number of thiocarbonyl (C=S) groups is 1. The van der Waals surface area contributed by atoms with Gasteiger partial charge in [-0.1, -0.05) is 43.2 Å². The Hall–Kier alpha value is -1.92. The number of esters is 1. The molecular formula is C18H24F3N3O4S2. The average molecular weight is 468 g/mol. The molecule has 0 radical (unpaired) electrons. The van der Waals surface area contributed by atoms with Crippen LogP contribution in [0.3, 0.4) is 0 Å². The third-order valence-electron chi connectivity index (χ3n) is 4.77. The number of alkyl halides is 3. The van der Waals surface area contributed by atoms with Crippen molar-refractivity contribution in [1.29, 1.82) is 0 Å². The SMILES string of the molecule is COC(=O)C(Cc1ccccc1)NC(=S)N[C@H]1CCCC[C@@H]1NS(=O)(=O)C(F)(F)F. The maximum atomic E-state index is 12.7. The zero-order valence-electron chi connectivity index (χ0n) is 16.2. The van der Waals surface area contributed by atoms with Gasteiger partial charge in [0.25, 0.3) is 0 Å². The van der Waals surface area contributed by atoms with Crippen molar-refractivity contribution in [1.82, 2.24) is 15.4 Å². The Bertz CT molecular complexity index is 835. The number of methoxy groups -OCH3 is 1. The number of rotatable bonds is 7. The number of ether oxygens (including phenoxy) is 1. The normalized spacial score (nSPS) is 20.8. The van der Waals surface area contributed by atoms with E-state index < -0.39 is 39.6 Å². The van der Waals surface area contributed by atoms with E-state index in [1.165, 1.54) is 7.11 Å². The highest BCUT2D eigenvalue weighted by Gasteiger charge is 2.47. The molecule has 0 saturated heterocycles. The van der Waals surface area contributed by atoms with Crippen LogP contribution >= 0.6 is 12.2 Å². The molecule has 1 unspecified atom stereocenters. The maximum Gasteiger partial charge on any atom is 0.511 e. The predicted octanol–water partition coefficient (Wildman–Crippen LogP) is 1.99. The number of carbonyl (C=O) groups excluding carboxylic acids is 1. The van der Waals surface area contributed by atoms with Crippen molar-refractivity contribution in [2.75, 3.05) is 7.11 Å². The largest absolute Gasteiger partial charge is 0.511 e. The zero-order chi connectivity index (χ0) is 22.4. The molecule has 0 heterocycles. The summed E-state index contributed by atoms with van der Waals surface area (Å²) in [6.07, 6.45) is 2.23. The van der Waals surface area contributed by atoms with Crippen LogP contribution in [-0.2, 0) is 26.0 Å². The first-order valence-electron chi connectivity index (χ1n) is 9.31. The molecule has 1 aliphatic rings. The highest BCUT2D eigenvalue weighted by molar-refractivity contribution is 7.90. The Morgan fingerprint density at radius 1 is 1.20 bits per heavy atom. The van der Waals surface area contributed by atoms with Crippen LogP contribution in [0.2, 0.25) is 0 Å². The third kappa shape index (κ3) is 6.81. The molecule has 30 heavy (non-hydrogen) atoms. The van der Waals surface area contributed by atoms with Crippen molar-refractivity contribution >= 4 is 33.3 Å². The number of hydrogen-bond donors (Lipinski definition) is 3. The first-order chi connectivity index (χ1) is 14.0. The second-order valence-electron chi connectivity index (χ2n) is 6.95. The fourth-order valence-corrected chi connectivity index (χ4v) is 4.37. The van der Waals surface area contributed by atoms with Crippen molar-refractivity contribution < 1.29 is 31.1 Å². The van der Waals surface area contributed by atoms with Crippen LogP contribution in [0.4, 0.5) is 13.2 Å². The van der Waals surface area contributed by atoms with Gasteiger partial charge in [-0.05, 0) is 30.6 Å². The van der Waals surface area contributed by atoms with Gasteiger partial charge in [-0.3, -0.25) is 0 Å². The zero-order valence-corrected chi connectivity index (χ0v) is 17.9. The second-order valence-corrected chi connectivity index (χ2v) is 9.06. The summed E-state index contributed by atoms with van der Waals surface area (Å²) < 4.78 is 67.7. The first-order valence-corrected chi connectivity index (χ1v) is 11.2. The van der Waals surface area contributed by atoms with E-state index >= 15 is 0 Å². The van der Waals surface area contributed by atoms with E-state index in [4.69, 9.17) is 17.0 Å². The minimum Gasteiger partial charge on any atom is -0.467 e. The molecule has 0 aromatic heterocycles. The highest BCUT2D eigenvalue weighted by atomic mass is 32.2. The Kier molecular flexibility index (Phi) is 8.44. The van der Waals surface area contributed by atoms with Crippen LogP contribution < -0.4 is 15.4 Å². The van der Waals surface area contributed by atoms with Crippen LogP contribution in [0.1, 0.15) is 31.2 Å². The van der Waals surface area contributed by atoms with Gasteiger partial charge in [0.05, 0.1) is 7.11 Å². The van der Waals surface area contributed by atoms with Gasteiger partial charge in [0.2, 0.25) is 0 Å². The Balaban J connectivity index is 2.04. The highest BCUT2D eigenvalue weighted by Crippen LogP contribution is 2.25. The molecule has 1 saturated carbocycles. The predicted molar refractivity (Wildman–Crippen MR) is 109 cm³/mol. The van der Waals surface area contributed by atoms with Gasteiger partial charge < -0.3 is 15.4 Å². The van der Waals surface area contributed by atoms with E-state index in [9.17, 15) is 26.4 Å². The van der Waals surface area contributed by atoms with Gasteiger partial charge in [0, 0.05) is 18.5 Å². The quantitative estimate of drug-likeness (QED) is 0.417. The molecule has 1 aromatic rings. The molecule has 168 valence electrons.